The molecule has 0 saturated carbocycles. The summed E-state index contributed by atoms with van der Waals surface area (Å²) in [6.45, 7) is 1.73. The summed E-state index contributed by atoms with van der Waals surface area (Å²) in [4.78, 5) is 15.3. The van der Waals surface area contributed by atoms with Gasteiger partial charge in [0, 0.05) is 12.7 Å². The summed E-state index contributed by atoms with van der Waals surface area (Å²) >= 11 is 11.4. The van der Waals surface area contributed by atoms with Crippen LogP contribution in [0.3, 0.4) is 0 Å². The van der Waals surface area contributed by atoms with Crippen molar-refractivity contribution in [2.45, 2.75) is 13.0 Å². The fourth-order valence-electron chi connectivity index (χ4n) is 0.923. The van der Waals surface area contributed by atoms with Crippen LogP contribution in [0.4, 0.5) is 0 Å². The molecule has 0 fully saturated rings. The molecule has 1 unspecified atom stereocenters. The van der Waals surface area contributed by atoms with Crippen LogP contribution in [0.1, 0.15) is 17.3 Å². The normalized spacial score (nSPS) is 12.3. The molecule has 4 nitrogen and oxygen atoms in total. The van der Waals surface area contributed by atoms with Gasteiger partial charge < -0.3 is 10.4 Å². The van der Waals surface area contributed by atoms with Gasteiger partial charge in [0.25, 0.3) is 5.91 Å². The van der Waals surface area contributed by atoms with Crippen molar-refractivity contribution in [3.8, 4) is 0 Å². The fraction of sp³-hybridized carbons (Fsp3) is 0.333. The monoisotopic (exact) mass is 248 g/mol. The first-order chi connectivity index (χ1) is 7.00. The van der Waals surface area contributed by atoms with E-state index in [1.807, 2.05) is 0 Å². The SMILES string of the molecule is CC(O)CNC(=O)c1cc(Cl)ncc1Cl. The summed E-state index contributed by atoms with van der Waals surface area (Å²) in [6, 6.07) is 1.38. The Balaban J connectivity index is 2.77. The second-order valence-corrected chi connectivity index (χ2v) is 3.84. The Kier molecular flexibility index (Phi) is 4.32. The molecule has 6 heteroatoms. The van der Waals surface area contributed by atoms with E-state index >= 15 is 0 Å². The Hall–Kier alpha value is -0.840. The van der Waals surface area contributed by atoms with Crippen molar-refractivity contribution in [3.05, 3.63) is 28.0 Å². The minimum atomic E-state index is -0.606. The van der Waals surface area contributed by atoms with Crippen LogP contribution < -0.4 is 5.32 Å². The molecule has 1 rings (SSSR count). The number of nitrogens with one attached hydrogen (secondary N) is 1. The van der Waals surface area contributed by atoms with E-state index in [1.165, 1.54) is 12.3 Å². The Morgan fingerprint density at radius 2 is 2.33 bits per heavy atom. The lowest BCUT2D eigenvalue weighted by molar-refractivity contribution is 0.0924. The average molecular weight is 249 g/mol. The summed E-state index contributed by atoms with van der Waals surface area (Å²) in [7, 11) is 0. The van der Waals surface area contributed by atoms with Crippen LogP contribution in [0, 0.1) is 0 Å². The first-order valence-electron chi connectivity index (χ1n) is 4.28. The zero-order chi connectivity index (χ0) is 11.4. The molecule has 2 N–H and O–H groups in total. The maximum Gasteiger partial charge on any atom is 0.253 e. The standard InChI is InChI=1S/C9H10Cl2N2O2/c1-5(14)3-13-9(15)6-2-8(11)12-4-7(6)10/h2,4-5,14H,3H2,1H3,(H,13,15). The lowest BCUT2D eigenvalue weighted by Crippen LogP contribution is -2.30. The largest absolute Gasteiger partial charge is 0.392 e. The number of halogens is 2. The van der Waals surface area contributed by atoms with Gasteiger partial charge >= 0.3 is 0 Å². The number of nitrogens with zero attached hydrogens (tertiary/aromatic N) is 1. The maximum atomic E-state index is 11.5. The summed E-state index contributed by atoms with van der Waals surface area (Å²) in [5, 5.41) is 11.9. The maximum absolute atomic E-state index is 11.5. The first kappa shape index (κ1) is 12.2. The number of hydrogen-bond acceptors (Lipinski definition) is 3. The van der Waals surface area contributed by atoms with Gasteiger partial charge in [-0.15, -0.1) is 0 Å². The minimum Gasteiger partial charge on any atom is -0.392 e. The predicted octanol–water partition coefficient (Wildman–Crippen LogP) is 1.50. The van der Waals surface area contributed by atoms with E-state index in [4.69, 9.17) is 28.3 Å². The molecule has 1 aromatic heterocycles. The van der Waals surface area contributed by atoms with Crippen LogP contribution in [0.2, 0.25) is 10.2 Å². The Morgan fingerprint density at radius 1 is 1.67 bits per heavy atom. The summed E-state index contributed by atoms with van der Waals surface area (Å²) in [5.41, 5.74) is 0.248. The second kappa shape index (κ2) is 5.30. The lowest BCUT2D eigenvalue weighted by Gasteiger charge is -2.08. The zero-order valence-electron chi connectivity index (χ0n) is 8.00. The minimum absolute atomic E-state index is 0.162. The highest BCUT2D eigenvalue weighted by Gasteiger charge is 2.11. The molecule has 0 radical (unpaired) electrons. The number of aliphatic hydroxyl groups excluding tert-OH is 1. The van der Waals surface area contributed by atoms with Gasteiger partial charge in [-0.2, -0.15) is 0 Å². The van der Waals surface area contributed by atoms with Crippen molar-refractivity contribution in [1.82, 2.24) is 10.3 Å². The summed E-state index contributed by atoms with van der Waals surface area (Å²) < 4.78 is 0. The van der Waals surface area contributed by atoms with Crippen molar-refractivity contribution in [3.63, 3.8) is 0 Å². The number of amides is 1. The molecule has 0 bridgehead atoms. The van der Waals surface area contributed by atoms with Crippen LogP contribution >= 0.6 is 23.2 Å². The molecule has 15 heavy (non-hydrogen) atoms. The van der Waals surface area contributed by atoms with Crippen LogP contribution in [0.5, 0.6) is 0 Å². The first-order valence-corrected chi connectivity index (χ1v) is 5.03. The highest BCUT2D eigenvalue weighted by molar-refractivity contribution is 6.35. The number of pyridine rings is 1. The van der Waals surface area contributed by atoms with Crippen molar-refractivity contribution < 1.29 is 9.90 Å². The van der Waals surface area contributed by atoms with Gasteiger partial charge in [0.15, 0.2) is 0 Å². The smallest absolute Gasteiger partial charge is 0.253 e. The van der Waals surface area contributed by atoms with Crippen molar-refractivity contribution in [2.75, 3.05) is 6.54 Å². The number of aliphatic hydroxyl groups is 1. The van der Waals surface area contributed by atoms with Crippen LogP contribution in [0.15, 0.2) is 12.3 Å². The average Bonchev–Trinajstić information content (AvgIpc) is 2.18. The molecule has 1 atom stereocenters. The summed E-state index contributed by atoms with van der Waals surface area (Å²) in [5.74, 6) is -0.384. The third-order valence-corrected chi connectivity index (χ3v) is 2.13. The van der Waals surface area contributed by atoms with Crippen molar-refractivity contribution >= 4 is 29.1 Å². The van der Waals surface area contributed by atoms with Crippen molar-refractivity contribution in [2.24, 2.45) is 0 Å². The molecule has 1 heterocycles. The molecule has 1 amide bonds. The van der Waals surface area contributed by atoms with E-state index in [1.54, 1.807) is 6.92 Å². The highest BCUT2D eigenvalue weighted by Crippen LogP contribution is 2.17. The van der Waals surface area contributed by atoms with E-state index in [9.17, 15) is 4.79 Å². The lowest BCUT2D eigenvalue weighted by atomic mass is 10.2. The van der Waals surface area contributed by atoms with Crippen LogP contribution in [0.25, 0.3) is 0 Å². The topological polar surface area (TPSA) is 62.2 Å². The molecule has 0 aliphatic carbocycles. The number of rotatable bonds is 3. The second-order valence-electron chi connectivity index (χ2n) is 3.05. The highest BCUT2D eigenvalue weighted by atomic mass is 35.5. The molecule has 0 saturated heterocycles. The number of aromatic nitrogens is 1. The Morgan fingerprint density at radius 3 is 2.93 bits per heavy atom. The van der Waals surface area contributed by atoms with Crippen molar-refractivity contribution in [1.29, 1.82) is 0 Å². The summed E-state index contributed by atoms with van der Waals surface area (Å²) in [6.07, 6.45) is 0.700. The number of carbonyl (C=O) groups is 1. The molecular formula is C9H10Cl2N2O2. The quantitative estimate of drug-likeness (QED) is 0.798. The van der Waals surface area contributed by atoms with Gasteiger partial charge in [-0.05, 0) is 13.0 Å². The van der Waals surface area contributed by atoms with Gasteiger partial charge in [0.2, 0.25) is 0 Å². The van der Waals surface area contributed by atoms with E-state index in [0.29, 0.717) is 0 Å². The Bertz CT molecular complexity index is 369. The van der Waals surface area contributed by atoms with Gasteiger partial charge in [0.05, 0.1) is 16.7 Å². The third kappa shape index (κ3) is 3.66. The molecule has 1 aromatic rings. The van der Waals surface area contributed by atoms with Gasteiger partial charge in [-0.1, -0.05) is 23.2 Å². The number of carbonyl (C=O) groups excluding carboxylic acids is 1. The van der Waals surface area contributed by atoms with Gasteiger partial charge in [0.1, 0.15) is 5.15 Å². The third-order valence-electron chi connectivity index (χ3n) is 1.62. The molecule has 0 spiro atoms. The van der Waals surface area contributed by atoms with E-state index in [-0.39, 0.29) is 28.2 Å². The molecule has 0 aliphatic rings. The Labute approximate surface area is 97.2 Å². The molecule has 0 aromatic carbocycles. The number of hydrogen-bond donors (Lipinski definition) is 2. The van der Waals surface area contributed by atoms with E-state index in [2.05, 4.69) is 10.3 Å². The van der Waals surface area contributed by atoms with E-state index < -0.39 is 6.10 Å². The predicted molar refractivity (Wildman–Crippen MR) is 58.3 cm³/mol. The molecule has 0 aliphatic heterocycles. The van der Waals surface area contributed by atoms with Crippen LogP contribution in [-0.2, 0) is 0 Å². The molecular weight excluding hydrogens is 239 g/mol. The fourth-order valence-corrected chi connectivity index (χ4v) is 1.27. The van der Waals surface area contributed by atoms with Gasteiger partial charge in [-0.3, -0.25) is 4.79 Å². The van der Waals surface area contributed by atoms with E-state index in [0.717, 1.165) is 0 Å². The van der Waals surface area contributed by atoms with Gasteiger partial charge in [-0.25, -0.2) is 4.98 Å². The molecule has 82 valence electrons. The zero-order valence-corrected chi connectivity index (χ0v) is 9.51. The van der Waals surface area contributed by atoms with Crippen LogP contribution in [-0.4, -0.2) is 28.6 Å².